The van der Waals surface area contributed by atoms with Gasteiger partial charge in [-0.05, 0) is 23.6 Å². The van der Waals surface area contributed by atoms with E-state index in [1.807, 2.05) is 24.3 Å². The van der Waals surface area contributed by atoms with Gasteiger partial charge in [-0.3, -0.25) is 4.90 Å². The van der Waals surface area contributed by atoms with Crippen LogP contribution in [0.15, 0.2) is 36.7 Å². The lowest BCUT2D eigenvalue weighted by atomic mass is 10.1. The van der Waals surface area contributed by atoms with E-state index in [9.17, 15) is 9.00 Å². The van der Waals surface area contributed by atoms with Crippen molar-refractivity contribution in [2.45, 2.75) is 6.54 Å². The van der Waals surface area contributed by atoms with Crippen LogP contribution in [0.4, 0.5) is 10.5 Å². The van der Waals surface area contributed by atoms with Gasteiger partial charge in [0.2, 0.25) is 0 Å². The highest BCUT2D eigenvalue weighted by Gasteiger charge is 2.23. The number of anilines is 1. The molecule has 0 aliphatic carbocycles. The number of aromatic nitrogens is 2. The molecule has 1 amide bonds. The zero-order chi connectivity index (χ0) is 19.4. The Morgan fingerprint density at radius 3 is 2.56 bits per heavy atom. The molecule has 0 bridgehead atoms. The summed E-state index contributed by atoms with van der Waals surface area (Å²) in [4.78, 5) is 16.7. The summed E-state index contributed by atoms with van der Waals surface area (Å²) in [5.74, 6) is 6.15. The number of terminal acetylenes is 1. The van der Waals surface area contributed by atoms with E-state index in [-0.39, 0.29) is 6.03 Å². The number of hydrogen-bond donors (Lipinski definition) is 1. The minimum Gasteiger partial charge on any atom is -0.320 e. The fourth-order valence-corrected chi connectivity index (χ4v) is 3.54. The van der Waals surface area contributed by atoms with E-state index < -0.39 is 9.71 Å². The summed E-state index contributed by atoms with van der Waals surface area (Å²) < 4.78 is 15.7. The average molecular weight is 385 g/mol. The van der Waals surface area contributed by atoms with Crippen LogP contribution in [-0.2, 0) is 16.3 Å². The molecule has 27 heavy (non-hydrogen) atoms. The molecule has 2 heterocycles. The van der Waals surface area contributed by atoms with Crippen molar-refractivity contribution >= 4 is 27.3 Å². The van der Waals surface area contributed by atoms with Crippen LogP contribution in [-0.4, -0.2) is 68.1 Å². The molecule has 7 nitrogen and oxygen atoms in total. The first kappa shape index (κ1) is 19.0. The predicted molar refractivity (Wildman–Crippen MR) is 109 cm³/mol. The number of rotatable bonds is 4. The van der Waals surface area contributed by atoms with Crippen molar-refractivity contribution in [2.75, 3.05) is 37.2 Å². The van der Waals surface area contributed by atoms with Crippen LogP contribution in [0, 0.1) is 12.3 Å². The van der Waals surface area contributed by atoms with E-state index >= 15 is 0 Å². The van der Waals surface area contributed by atoms with Gasteiger partial charge in [0.1, 0.15) is 0 Å². The van der Waals surface area contributed by atoms with Crippen molar-refractivity contribution in [3.63, 3.8) is 0 Å². The Labute approximate surface area is 160 Å². The SMILES string of the molecule is C#Cc1ccc(CN2CCN(C(=O)n3cc(NS(=C)(C)=O)cn3)CC2)cc1. The number of carbonyl (C=O) groups excluding carboxylic acids is 1. The third kappa shape index (κ3) is 5.12. The molecule has 1 fully saturated rings. The smallest absolute Gasteiger partial charge is 0.320 e. The van der Waals surface area contributed by atoms with Crippen LogP contribution in [0.5, 0.6) is 0 Å². The number of nitrogens with zero attached hydrogens (tertiary/aromatic N) is 4. The van der Waals surface area contributed by atoms with Gasteiger partial charge in [0.25, 0.3) is 0 Å². The quantitative estimate of drug-likeness (QED) is 0.637. The Balaban J connectivity index is 1.54. The van der Waals surface area contributed by atoms with Crippen molar-refractivity contribution in [3.05, 3.63) is 47.8 Å². The van der Waals surface area contributed by atoms with Crippen molar-refractivity contribution in [3.8, 4) is 12.3 Å². The van der Waals surface area contributed by atoms with Gasteiger partial charge < -0.3 is 9.62 Å². The second kappa shape index (κ2) is 7.86. The van der Waals surface area contributed by atoms with Gasteiger partial charge in [0.05, 0.1) is 18.1 Å². The van der Waals surface area contributed by atoms with Crippen LogP contribution < -0.4 is 4.72 Å². The summed E-state index contributed by atoms with van der Waals surface area (Å²) in [6, 6.07) is 7.78. The summed E-state index contributed by atoms with van der Waals surface area (Å²) >= 11 is 0. The Kier molecular flexibility index (Phi) is 5.54. The first-order chi connectivity index (χ1) is 12.8. The third-order valence-corrected chi connectivity index (χ3v) is 4.95. The van der Waals surface area contributed by atoms with Crippen molar-refractivity contribution in [1.82, 2.24) is 19.6 Å². The number of carbonyl (C=O) groups is 1. The Morgan fingerprint density at radius 2 is 1.96 bits per heavy atom. The number of amides is 1. The normalized spacial score (nSPS) is 17.1. The Morgan fingerprint density at radius 1 is 1.30 bits per heavy atom. The molecule has 8 heteroatoms. The lowest BCUT2D eigenvalue weighted by Gasteiger charge is -2.34. The number of piperazine rings is 1. The largest absolute Gasteiger partial charge is 0.344 e. The van der Waals surface area contributed by atoms with E-state index in [0.29, 0.717) is 18.8 Å². The van der Waals surface area contributed by atoms with Crippen molar-refractivity contribution < 1.29 is 9.00 Å². The molecule has 0 radical (unpaired) electrons. The molecule has 142 valence electrons. The fraction of sp³-hybridized carbons (Fsp3) is 0.316. The molecule has 0 spiro atoms. The van der Waals surface area contributed by atoms with Gasteiger partial charge in [0, 0.05) is 54.3 Å². The van der Waals surface area contributed by atoms with Crippen LogP contribution in [0.1, 0.15) is 11.1 Å². The van der Waals surface area contributed by atoms with Crippen LogP contribution in [0.25, 0.3) is 0 Å². The van der Waals surface area contributed by atoms with E-state index in [1.54, 1.807) is 4.90 Å². The lowest BCUT2D eigenvalue weighted by molar-refractivity contribution is 0.134. The summed E-state index contributed by atoms with van der Waals surface area (Å²) in [7, 11) is -2.40. The topological polar surface area (TPSA) is 70.5 Å². The number of hydrogen-bond acceptors (Lipinski definition) is 4. The van der Waals surface area contributed by atoms with Crippen molar-refractivity contribution in [2.24, 2.45) is 0 Å². The Hall–Kier alpha value is -2.76. The second-order valence-electron chi connectivity index (χ2n) is 6.67. The molecule has 1 aliphatic heterocycles. The first-order valence-electron chi connectivity index (χ1n) is 8.56. The molecule has 1 aromatic carbocycles. The average Bonchev–Trinajstić information content (AvgIpc) is 3.09. The molecule has 1 aliphatic rings. The van der Waals surface area contributed by atoms with Crippen LogP contribution in [0.2, 0.25) is 0 Å². The third-order valence-electron chi connectivity index (χ3n) is 4.28. The van der Waals surface area contributed by atoms with Gasteiger partial charge >= 0.3 is 6.03 Å². The molecular weight excluding hydrogens is 362 g/mol. The van der Waals surface area contributed by atoms with Gasteiger partial charge in [-0.2, -0.15) is 9.78 Å². The maximum atomic E-state index is 12.6. The molecule has 1 unspecified atom stereocenters. The molecule has 1 saturated heterocycles. The fourth-order valence-electron chi connectivity index (χ4n) is 2.94. The molecular formula is C19H23N5O2S. The van der Waals surface area contributed by atoms with Gasteiger partial charge in [0.15, 0.2) is 0 Å². The standard InChI is InChI=1S/C19H23N5O2S/c1-4-16-5-7-17(8-6-16)14-22-9-11-23(12-10-22)19(25)24-15-18(13-20-24)21-27(2,3)26/h1,5-8,13,15H,2,9-12,14H2,3H3,(H,21,26). The monoisotopic (exact) mass is 385 g/mol. The highest BCUT2D eigenvalue weighted by molar-refractivity contribution is 8.00. The maximum absolute atomic E-state index is 12.6. The molecule has 1 aromatic heterocycles. The van der Waals surface area contributed by atoms with E-state index in [0.717, 1.165) is 25.2 Å². The Bertz CT molecular complexity index is 949. The highest BCUT2D eigenvalue weighted by atomic mass is 32.2. The number of benzene rings is 1. The molecule has 1 N–H and O–H groups in total. The van der Waals surface area contributed by atoms with E-state index in [1.165, 1.54) is 28.9 Å². The molecule has 3 rings (SSSR count). The minimum atomic E-state index is -2.40. The lowest BCUT2D eigenvalue weighted by Crippen LogP contribution is -2.49. The van der Waals surface area contributed by atoms with Crippen LogP contribution >= 0.6 is 0 Å². The van der Waals surface area contributed by atoms with Gasteiger partial charge in [-0.1, -0.05) is 18.1 Å². The molecule has 0 saturated carbocycles. The second-order valence-corrected chi connectivity index (χ2v) is 8.88. The molecule has 2 aromatic rings. The number of nitrogens with one attached hydrogen (secondary N) is 1. The first-order valence-corrected chi connectivity index (χ1v) is 10.7. The predicted octanol–water partition coefficient (Wildman–Crippen LogP) is 1.32. The van der Waals surface area contributed by atoms with Crippen molar-refractivity contribution in [1.29, 1.82) is 0 Å². The van der Waals surface area contributed by atoms with Gasteiger partial charge in [-0.25, -0.2) is 9.00 Å². The van der Waals surface area contributed by atoms with Gasteiger partial charge in [-0.15, -0.1) is 6.42 Å². The molecule has 1 atom stereocenters. The van der Waals surface area contributed by atoms with E-state index in [2.05, 4.69) is 26.5 Å². The van der Waals surface area contributed by atoms with Crippen LogP contribution in [0.3, 0.4) is 0 Å². The highest BCUT2D eigenvalue weighted by Crippen LogP contribution is 2.12. The summed E-state index contributed by atoms with van der Waals surface area (Å²) in [5.41, 5.74) is 2.59. The summed E-state index contributed by atoms with van der Waals surface area (Å²) in [6.07, 6.45) is 9.88. The summed E-state index contributed by atoms with van der Waals surface area (Å²) in [6.45, 7) is 3.66. The zero-order valence-electron chi connectivity index (χ0n) is 15.3. The maximum Gasteiger partial charge on any atom is 0.344 e. The van der Waals surface area contributed by atoms with E-state index in [4.69, 9.17) is 6.42 Å². The minimum absolute atomic E-state index is 0.187. The zero-order valence-corrected chi connectivity index (χ0v) is 16.1. The summed E-state index contributed by atoms with van der Waals surface area (Å²) in [5, 5.41) is 4.06.